The number of carbonyl (C=O) groups is 1. The average Bonchev–Trinajstić information content (AvgIpc) is 3.22. The van der Waals surface area contributed by atoms with E-state index in [2.05, 4.69) is 20.9 Å². The van der Waals surface area contributed by atoms with Crippen LogP contribution in [0, 0.1) is 0 Å². The summed E-state index contributed by atoms with van der Waals surface area (Å²) >= 11 is 10.0. The van der Waals surface area contributed by atoms with Crippen molar-refractivity contribution in [1.29, 1.82) is 0 Å². The molecule has 1 saturated heterocycles. The number of rotatable bonds is 9. The monoisotopic (exact) mass is 512 g/mol. The highest BCUT2D eigenvalue weighted by Gasteiger charge is 2.29. The molecule has 1 aliphatic heterocycles. The molecule has 0 spiro atoms. The summed E-state index contributed by atoms with van der Waals surface area (Å²) in [5, 5.41) is 2.65. The van der Waals surface area contributed by atoms with Crippen molar-refractivity contribution < 1.29 is 19.0 Å². The zero-order chi connectivity index (χ0) is 22.4. The van der Waals surface area contributed by atoms with Crippen molar-refractivity contribution >= 4 is 33.5 Å². The number of halogens is 2. The molecular weight excluding hydrogens is 488 g/mol. The van der Waals surface area contributed by atoms with Gasteiger partial charge in [-0.25, -0.2) is 4.79 Å². The molecule has 2 aromatic rings. The second-order valence-electron chi connectivity index (χ2n) is 7.14. The SMILES string of the molecule is CCOC(=O)c1cn(N2CCCC2c2cc(OCCCOC)c(Cl)cc2Br)ccc1=O. The first kappa shape index (κ1) is 23.6. The Hall–Kier alpha value is -2.03. The van der Waals surface area contributed by atoms with Gasteiger partial charge in [-0.2, -0.15) is 0 Å². The summed E-state index contributed by atoms with van der Waals surface area (Å²) < 4.78 is 18.6. The van der Waals surface area contributed by atoms with Gasteiger partial charge in [-0.05, 0) is 37.5 Å². The molecule has 1 atom stereocenters. The van der Waals surface area contributed by atoms with E-state index in [-0.39, 0.29) is 23.6 Å². The molecule has 7 nitrogen and oxygen atoms in total. The molecule has 1 fully saturated rings. The Morgan fingerprint density at radius 1 is 1.32 bits per heavy atom. The third kappa shape index (κ3) is 5.61. The molecule has 2 heterocycles. The Labute approximate surface area is 194 Å². The largest absolute Gasteiger partial charge is 0.492 e. The molecular formula is C22H26BrClN2O5. The average molecular weight is 514 g/mol. The number of carbonyl (C=O) groups excluding carboxylic acids is 1. The van der Waals surface area contributed by atoms with E-state index in [4.69, 9.17) is 25.8 Å². The molecule has 1 unspecified atom stereocenters. The molecule has 0 N–H and O–H groups in total. The van der Waals surface area contributed by atoms with Crippen LogP contribution in [0.15, 0.2) is 39.9 Å². The van der Waals surface area contributed by atoms with Crippen LogP contribution in [0.3, 0.4) is 0 Å². The van der Waals surface area contributed by atoms with Gasteiger partial charge in [-0.1, -0.05) is 27.5 Å². The number of hydrogen-bond acceptors (Lipinski definition) is 6. The van der Waals surface area contributed by atoms with Crippen molar-refractivity contribution in [2.24, 2.45) is 0 Å². The molecule has 0 amide bonds. The van der Waals surface area contributed by atoms with E-state index in [0.29, 0.717) is 24.0 Å². The van der Waals surface area contributed by atoms with Crippen molar-refractivity contribution in [3.8, 4) is 5.75 Å². The minimum atomic E-state index is -0.614. The van der Waals surface area contributed by atoms with Gasteiger partial charge in [0.05, 0.1) is 24.3 Å². The summed E-state index contributed by atoms with van der Waals surface area (Å²) in [5.74, 6) is 0.00644. The zero-order valence-corrected chi connectivity index (χ0v) is 19.9. The number of hydrogen-bond donors (Lipinski definition) is 0. The number of methoxy groups -OCH3 is 1. The van der Waals surface area contributed by atoms with Gasteiger partial charge in [0.2, 0.25) is 0 Å². The van der Waals surface area contributed by atoms with Gasteiger partial charge < -0.3 is 19.2 Å². The number of ether oxygens (including phenoxy) is 3. The van der Waals surface area contributed by atoms with Crippen molar-refractivity contribution in [3.05, 3.63) is 61.4 Å². The third-order valence-corrected chi connectivity index (χ3v) is 6.06. The van der Waals surface area contributed by atoms with Crippen LogP contribution in [-0.2, 0) is 9.47 Å². The van der Waals surface area contributed by atoms with Crippen LogP contribution in [0.25, 0.3) is 0 Å². The lowest BCUT2D eigenvalue weighted by Gasteiger charge is -2.30. The zero-order valence-electron chi connectivity index (χ0n) is 17.6. The highest BCUT2D eigenvalue weighted by molar-refractivity contribution is 9.10. The van der Waals surface area contributed by atoms with Gasteiger partial charge in [0.15, 0.2) is 5.43 Å². The molecule has 9 heteroatoms. The molecule has 168 valence electrons. The smallest absolute Gasteiger partial charge is 0.343 e. The Balaban J connectivity index is 1.89. The maximum atomic E-state index is 12.2. The van der Waals surface area contributed by atoms with E-state index < -0.39 is 5.97 Å². The maximum absolute atomic E-state index is 12.2. The van der Waals surface area contributed by atoms with Crippen molar-refractivity contribution in [2.75, 3.05) is 38.5 Å². The predicted octanol–water partition coefficient (Wildman–Crippen LogP) is 4.33. The van der Waals surface area contributed by atoms with Crippen LogP contribution in [0.2, 0.25) is 5.02 Å². The summed E-state index contributed by atoms with van der Waals surface area (Å²) in [6.45, 7) is 3.82. The first-order valence-corrected chi connectivity index (χ1v) is 11.4. The summed E-state index contributed by atoms with van der Waals surface area (Å²) in [4.78, 5) is 24.3. The Morgan fingerprint density at radius 3 is 2.87 bits per heavy atom. The normalized spacial score (nSPS) is 15.9. The lowest BCUT2D eigenvalue weighted by molar-refractivity contribution is 0.0523. The fourth-order valence-electron chi connectivity index (χ4n) is 3.63. The number of nitrogens with zero attached hydrogens (tertiary/aromatic N) is 2. The number of esters is 1. The van der Waals surface area contributed by atoms with Crippen molar-refractivity contribution in [2.45, 2.75) is 32.2 Å². The Morgan fingerprint density at radius 2 is 2.13 bits per heavy atom. The maximum Gasteiger partial charge on any atom is 0.343 e. The second-order valence-corrected chi connectivity index (χ2v) is 8.40. The Kier molecular flexibility index (Phi) is 8.40. The molecule has 0 bridgehead atoms. The second kappa shape index (κ2) is 11.0. The summed E-state index contributed by atoms with van der Waals surface area (Å²) in [6, 6.07) is 5.21. The summed E-state index contributed by atoms with van der Waals surface area (Å²) in [6.07, 6.45) is 5.86. The van der Waals surface area contributed by atoms with Crippen LogP contribution in [0.1, 0.15) is 48.1 Å². The first-order chi connectivity index (χ1) is 15.0. The van der Waals surface area contributed by atoms with E-state index in [9.17, 15) is 9.59 Å². The lowest BCUT2D eigenvalue weighted by Crippen LogP contribution is -2.35. The first-order valence-electron chi connectivity index (χ1n) is 10.2. The van der Waals surface area contributed by atoms with Gasteiger partial charge >= 0.3 is 5.97 Å². The van der Waals surface area contributed by atoms with Gasteiger partial charge in [-0.3, -0.25) is 9.47 Å². The number of benzene rings is 1. The van der Waals surface area contributed by atoms with E-state index >= 15 is 0 Å². The lowest BCUT2D eigenvalue weighted by atomic mass is 10.0. The van der Waals surface area contributed by atoms with E-state index in [1.54, 1.807) is 31.1 Å². The molecule has 1 aromatic heterocycles. The minimum absolute atomic E-state index is 0.0190. The quantitative estimate of drug-likeness (QED) is 0.367. The fourth-order valence-corrected chi connectivity index (χ4v) is 4.59. The molecule has 1 aromatic carbocycles. The van der Waals surface area contributed by atoms with Crippen LogP contribution < -0.4 is 15.2 Å². The predicted molar refractivity (Wildman–Crippen MR) is 123 cm³/mol. The van der Waals surface area contributed by atoms with Crippen LogP contribution in [0.4, 0.5) is 0 Å². The molecule has 0 aliphatic carbocycles. The van der Waals surface area contributed by atoms with Gasteiger partial charge in [0.25, 0.3) is 0 Å². The molecule has 1 aliphatic rings. The third-order valence-electron chi connectivity index (χ3n) is 5.08. The van der Waals surface area contributed by atoms with E-state index in [1.807, 2.05) is 12.1 Å². The fraction of sp³-hybridized carbons (Fsp3) is 0.455. The summed E-state index contributed by atoms with van der Waals surface area (Å²) in [7, 11) is 1.66. The van der Waals surface area contributed by atoms with Crippen molar-refractivity contribution in [3.63, 3.8) is 0 Å². The van der Waals surface area contributed by atoms with Gasteiger partial charge in [0, 0.05) is 49.6 Å². The van der Waals surface area contributed by atoms with Crippen LogP contribution in [0.5, 0.6) is 5.75 Å². The van der Waals surface area contributed by atoms with Gasteiger partial charge in [0.1, 0.15) is 11.3 Å². The van der Waals surface area contributed by atoms with Crippen LogP contribution in [-0.4, -0.2) is 44.1 Å². The molecule has 31 heavy (non-hydrogen) atoms. The van der Waals surface area contributed by atoms with Gasteiger partial charge in [-0.15, -0.1) is 0 Å². The summed E-state index contributed by atoms with van der Waals surface area (Å²) in [5.41, 5.74) is 0.692. The van der Waals surface area contributed by atoms with Crippen molar-refractivity contribution in [1.82, 2.24) is 4.68 Å². The molecule has 3 rings (SSSR count). The minimum Gasteiger partial charge on any atom is -0.492 e. The standard InChI is InChI=1S/C22H26BrClN2O5/c1-3-30-22(28)16-14-25(9-7-20(16)27)26-8-4-6-19(26)15-12-21(18(24)13-17(15)23)31-11-5-10-29-2/h7,9,12-14,19H,3-6,8,10-11H2,1-2H3. The van der Waals surface area contributed by atoms with Crippen LogP contribution >= 0.6 is 27.5 Å². The molecule has 0 saturated carbocycles. The number of aromatic nitrogens is 1. The highest BCUT2D eigenvalue weighted by Crippen LogP contribution is 2.40. The van der Waals surface area contributed by atoms with E-state index in [0.717, 1.165) is 35.8 Å². The molecule has 0 radical (unpaired) electrons. The highest BCUT2D eigenvalue weighted by atomic mass is 79.9. The topological polar surface area (TPSA) is 70.0 Å². The Bertz CT molecular complexity index is 981. The van der Waals surface area contributed by atoms with E-state index in [1.165, 1.54) is 6.07 Å². The number of pyridine rings is 1.